The van der Waals surface area contributed by atoms with E-state index in [0.717, 1.165) is 37.0 Å². The van der Waals surface area contributed by atoms with Gasteiger partial charge in [0.2, 0.25) is 5.91 Å². The first-order chi connectivity index (χ1) is 11.6. The summed E-state index contributed by atoms with van der Waals surface area (Å²) < 4.78 is 1.65. The molecule has 0 spiro atoms. The van der Waals surface area contributed by atoms with Crippen molar-refractivity contribution in [3.05, 3.63) is 34.6 Å². The highest BCUT2D eigenvalue weighted by molar-refractivity contribution is 5.77. The van der Waals surface area contributed by atoms with Crippen LogP contribution in [0, 0.1) is 0 Å². The fraction of sp³-hybridized carbons (Fsp3) is 0.471. The van der Waals surface area contributed by atoms with Crippen molar-refractivity contribution in [2.45, 2.75) is 25.8 Å². The molecule has 24 heavy (non-hydrogen) atoms. The number of hydrogen-bond donors (Lipinski definition) is 0. The molecule has 128 valence electrons. The maximum absolute atomic E-state index is 12.9. The predicted octanol–water partition coefficient (Wildman–Crippen LogP) is 1.41. The van der Waals surface area contributed by atoms with Crippen LogP contribution in [0.2, 0.25) is 0 Å². The van der Waals surface area contributed by atoms with Crippen LogP contribution in [0.3, 0.4) is 0 Å². The number of fused-ring (bicyclic) bond motifs is 1. The van der Waals surface area contributed by atoms with E-state index in [1.807, 2.05) is 29.2 Å². The number of carbonyl (C=O) groups is 1. The molecule has 2 heterocycles. The molecule has 0 N–H and O–H groups in total. The van der Waals surface area contributed by atoms with Gasteiger partial charge in [0.25, 0.3) is 5.56 Å². The highest BCUT2D eigenvalue weighted by atomic mass is 16.7. The molecule has 0 unspecified atom stereocenters. The Morgan fingerprint density at radius 2 is 2.00 bits per heavy atom. The molecule has 2 aromatic rings. The van der Waals surface area contributed by atoms with Crippen LogP contribution in [0.5, 0.6) is 0 Å². The van der Waals surface area contributed by atoms with E-state index in [2.05, 4.69) is 4.98 Å². The lowest BCUT2D eigenvalue weighted by Crippen LogP contribution is -2.33. The topological polar surface area (TPSA) is 67.7 Å². The van der Waals surface area contributed by atoms with Gasteiger partial charge in [-0.3, -0.25) is 14.4 Å². The minimum absolute atomic E-state index is 0.136. The molecule has 1 amide bonds. The minimum atomic E-state index is -0.173. The molecule has 7 nitrogen and oxygen atoms in total. The molecule has 0 bridgehead atoms. The maximum Gasteiger partial charge on any atom is 0.294 e. The van der Waals surface area contributed by atoms with Gasteiger partial charge >= 0.3 is 0 Å². The second-order valence-electron chi connectivity index (χ2n) is 5.90. The third-order valence-corrected chi connectivity index (χ3v) is 4.42. The Bertz CT molecular complexity index is 796. The van der Waals surface area contributed by atoms with Crippen molar-refractivity contribution in [3.63, 3.8) is 0 Å². The highest BCUT2D eigenvalue weighted by Gasteiger charge is 2.20. The summed E-state index contributed by atoms with van der Waals surface area (Å²) in [5.74, 6) is 0.312. The number of para-hydroxylation sites is 2. The fourth-order valence-electron chi connectivity index (χ4n) is 3.00. The van der Waals surface area contributed by atoms with Gasteiger partial charge in [0, 0.05) is 33.1 Å². The average molecular weight is 330 g/mol. The lowest BCUT2D eigenvalue weighted by Gasteiger charge is -2.19. The molecule has 1 aromatic heterocycles. The number of aryl methyl sites for hydroxylation is 1. The molecule has 0 radical (unpaired) electrons. The molecular formula is C17H22N4O3. The van der Waals surface area contributed by atoms with Gasteiger partial charge in [-0.05, 0) is 25.0 Å². The number of benzene rings is 1. The van der Waals surface area contributed by atoms with E-state index in [9.17, 15) is 9.59 Å². The van der Waals surface area contributed by atoms with E-state index < -0.39 is 0 Å². The van der Waals surface area contributed by atoms with Crippen molar-refractivity contribution < 1.29 is 9.63 Å². The Kier molecular flexibility index (Phi) is 4.80. The molecule has 1 aliphatic rings. The zero-order valence-electron chi connectivity index (χ0n) is 14.1. The van der Waals surface area contributed by atoms with Crippen LogP contribution in [0.4, 0.5) is 5.82 Å². The van der Waals surface area contributed by atoms with Crippen molar-refractivity contribution in [1.29, 1.82) is 0 Å². The Morgan fingerprint density at radius 3 is 2.71 bits per heavy atom. The van der Waals surface area contributed by atoms with E-state index in [-0.39, 0.29) is 17.9 Å². The van der Waals surface area contributed by atoms with E-state index in [1.165, 1.54) is 12.2 Å². The van der Waals surface area contributed by atoms with Gasteiger partial charge in [-0.2, -0.15) is 0 Å². The van der Waals surface area contributed by atoms with Crippen molar-refractivity contribution >= 4 is 22.8 Å². The monoisotopic (exact) mass is 330 g/mol. The number of rotatable bonds is 5. The molecular weight excluding hydrogens is 308 g/mol. The quantitative estimate of drug-likeness (QED) is 0.776. The Balaban J connectivity index is 1.99. The number of carbonyl (C=O) groups excluding carboxylic acids is 1. The summed E-state index contributed by atoms with van der Waals surface area (Å²) in [4.78, 5) is 36.4. The van der Waals surface area contributed by atoms with Crippen LogP contribution >= 0.6 is 0 Å². The number of aromatic nitrogens is 2. The Labute approximate surface area is 140 Å². The molecule has 0 saturated carbocycles. The number of anilines is 1. The second kappa shape index (κ2) is 7.00. The zero-order chi connectivity index (χ0) is 17.1. The molecule has 0 aliphatic carbocycles. The highest BCUT2D eigenvalue weighted by Crippen LogP contribution is 2.18. The van der Waals surface area contributed by atoms with Crippen LogP contribution in [-0.4, -0.2) is 47.8 Å². The third-order valence-electron chi connectivity index (χ3n) is 4.42. The summed E-state index contributed by atoms with van der Waals surface area (Å²) >= 11 is 0. The first kappa shape index (κ1) is 16.4. The molecule has 7 heteroatoms. The first-order valence-corrected chi connectivity index (χ1v) is 8.17. The summed E-state index contributed by atoms with van der Waals surface area (Å²) in [7, 11) is 3.00. The van der Waals surface area contributed by atoms with Gasteiger partial charge in [-0.15, -0.1) is 0 Å². The van der Waals surface area contributed by atoms with E-state index in [4.69, 9.17) is 4.84 Å². The molecule has 1 saturated heterocycles. The number of hydroxylamine groups is 2. The van der Waals surface area contributed by atoms with E-state index >= 15 is 0 Å². The van der Waals surface area contributed by atoms with Gasteiger partial charge in [0.05, 0.1) is 18.1 Å². The lowest BCUT2D eigenvalue weighted by atomic mass is 10.2. The summed E-state index contributed by atoms with van der Waals surface area (Å²) in [6, 6.07) is 7.54. The fourth-order valence-corrected chi connectivity index (χ4v) is 3.00. The van der Waals surface area contributed by atoms with Gasteiger partial charge in [0.1, 0.15) is 0 Å². The standard InChI is InChI=1S/C17H22N4O3/c1-19(24-2)15(22)9-12-21-14-8-4-3-7-13(14)18-16(17(21)23)20-10-5-6-11-20/h3-4,7-8H,5-6,9-12H2,1-2H3. The molecule has 0 atom stereocenters. The summed E-state index contributed by atoms with van der Waals surface area (Å²) in [6.45, 7) is 2.01. The van der Waals surface area contributed by atoms with E-state index in [1.54, 1.807) is 11.6 Å². The minimum Gasteiger partial charge on any atom is -0.352 e. The number of nitrogens with zero attached hydrogens (tertiary/aromatic N) is 4. The second-order valence-corrected chi connectivity index (χ2v) is 5.90. The SMILES string of the molecule is CON(C)C(=O)CCn1c(=O)c(N2CCCC2)nc2ccccc21. The van der Waals surface area contributed by atoms with Crippen molar-refractivity contribution in [2.24, 2.45) is 0 Å². The van der Waals surface area contributed by atoms with Crippen molar-refractivity contribution in [3.8, 4) is 0 Å². The first-order valence-electron chi connectivity index (χ1n) is 8.17. The molecule has 1 aromatic carbocycles. The van der Waals surface area contributed by atoms with Crippen LogP contribution in [0.25, 0.3) is 11.0 Å². The Morgan fingerprint density at radius 1 is 1.29 bits per heavy atom. The zero-order valence-corrected chi connectivity index (χ0v) is 14.1. The number of hydrogen-bond acceptors (Lipinski definition) is 5. The van der Waals surface area contributed by atoms with E-state index in [0.29, 0.717) is 12.4 Å². The van der Waals surface area contributed by atoms with Crippen LogP contribution in [0.15, 0.2) is 29.1 Å². The predicted molar refractivity (Wildman–Crippen MR) is 91.8 cm³/mol. The summed E-state index contributed by atoms with van der Waals surface area (Å²) in [6.07, 6.45) is 2.34. The summed E-state index contributed by atoms with van der Waals surface area (Å²) in [5, 5.41) is 1.18. The van der Waals surface area contributed by atoms with Gasteiger partial charge in [-0.1, -0.05) is 12.1 Å². The molecule has 1 aliphatic heterocycles. The third kappa shape index (κ3) is 3.12. The van der Waals surface area contributed by atoms with Crippen LogP contribution < -0.4 is 10.5 Å². The normalized spacial score (nSPS) is 14.3. The number of amides is 1. The van der Waals surface area contributed by atoms with Crippen LogP contribution in [0.1, 0.15) is 19.3 Å². The summed E-state index contributed by atoms with van der Waals surface area (Å²) in [5.41, 5.74) is 1.38. The van der Waals surface area contributed by atoms with Crippen LogP contribution in [-0.2, 0) is 16.2 Å². The van der Waals surface area contributed by atoms with Crippen molar-refractivity contribution in [1.82, 2.24) is 14.6 Å². The van der Waals surface area contributed by atoms with Gasteiger partial charge < -0.3 is 9.47 Å². The smallest absolute Gasteiger partial charge is 0.294 e. The lowest BCUT2D eigenvalue weighted by molar-refractivity contribution is -0.168. The molecule has 1 fully saturated rings. The van der Waals surface area contributed by atoms with Gasteiger partial charge in [0.15, 0.2) is 5.82 Å². The van der Waals surface area contributed by atoms with Gasteiger partial charge in [-0.25, -0.2) is 10.0 Å². The van der Waals surface area contributed by atoms with Crippen molar-refractivity contribution in [2.75, 3.05) is 32.1 Å². The Hall–Kier alpha value is -2.41. The molecule has 3 rings (SSSR count). The maximum atomic E-state index is 12.9. The average Bonchev–Trinajstić information content (AvgIpc) is 3.13. The largest absolute Gasteiger partial charge is 0.352 e.